The standard InChI is InChI=1S/C22H18F3N7O3/c1-13-8-9-15(32-26-10-11-27-32)18(28-13)21(33)31-12-4-6-16(31)20-29-19(30-35-20)14-5-2-3-7-17(14)34-22(23,24)25/h2-3,5,7-11,16H,4,6,12H2,1H3. The van der Waals surface area contributed by atoms with Crippen molar-refractivity contribution in [3.8, 4) is 22.8 Å². The Bertz CT molecular complexity index is 1350. The first kappa shape index (κ1) is 22.5. The second kappa shape index (κ2) is 8.81. The number of amides is 1. The predicted octanol–water partition coefficient (Wildman–Crippen LogP) is 3.90. The lowest BCUT2D eigenvalue weighted by molar-refractivity contribution is -0.274. The summed E-state index contributed by atoms with van der Waals surface area (Å²) in [6.07, 6.45) is -0.683. The topological polar surface area (TPSA) is 112 Å². The number of hydrogen-bond acceptors (Lipinski definition) is 8. The average molecular weight is 485 g/mol. The number of hydrogen-bond donors (Lipinski definition) is 0. The third-order valence-corrected chi connectivity index (χ3v) is 5.44. The molecule has 3 aromatic heterocycles. The van der Waals surface area contributed by atoms with E-state index in [0.717, 1.165) is 0 Å². The highest BCUT2D eigenvalue weighted by atomic mass is 19.4. The molecule has 0 saturated carbocycles. The fourth-order valence-corrected chi connectivity index (χ4v) is 3.96. The first-order valence-electron chi connectivity index (χ1n) is 10.6. The van der Waals surface area contributed by atoms with Gasteiger partial charge in [0.1, 0.15) is 17.5 Å². The summed E-state index contributed by atoms with van der Waals surface area (Å²) >= 11 is 0. The van der Waals surface area contributed by atoms with Crippen LogP contribution in [0, 0.1) is 6.92 Å². The van der Waals surface area contributed by atoms with Gasteiger partial charge in [-0.25, -0.2) is 4.98 Å². The molecular weight excluding hydrogens is 467 g/mol. The van der Waals surface area contributed by atoms with Crippen LogP contribution in [-0.2, 0) is 0 Å². The van der Waals surface area contributed by atoms with Crippen molar-refractivity contribution in [2.24, 2.45) is 0 Å². The molecule has 1 atom stereocenters. The van der Waals surface area contributed by atoms with E-state index in [9.17, 15) is 18.0 Å². The van der Waals surface area contributed by atoms with Crippen LogP contribution in [0.2, 0.25) is 0 Å². The van der Waals surface area contributed by atoms with Crippen LogP contribution < -0.4 is 4.74 Å². The molecular formula is C22H18F3N7O3. The lowest BCUT2D eigenvalue weighted by Crippen LogP contribution is -2.32. The Kier molecular flexibility index (Phi) is 5.67. The van der Waals surface area contributed by atoms with Gasteiger partial charge in [0.25, 0.3) is 5.91 Å². The normalized spacial score (nSPS) is 16.0. The highest BCUT2D eigenvalue weighted by Gasteiger charge is 2.37. The molecule has 0 aliphatic carbocycles. The third kappa shape index (κ3) is 4.56. The number of likely N-dealkylation sites (tertiary alicyclic amines) is 1. The minimum atomic E-state index is -4.88. The number of benzene rings is 1. The molecule has 0 radical (unpaired) electrons. The van der Waals surface area contributed by atoms with Crippen molar-refractivity contribution in [3.63, 3.8) is 0 Å². The summed E-state index contributed by atoms with van der Waals surface area (Å²) in [5, 5.41) is 12.0. The summed E-state index contributed by atoms with van der Waals surface area (Å²) in [5.41, 5.74) is 1.24. The number of nitrogens with zero attached hydrogens (tertiary/aromatic N) is 7. The lowest BCUT2D eigenvalue weighted by Gasteiger charge is -2.22. The zero-order valence-electron chi connectivity index (χ0n) is 18.3. The quantitative estimate of drug-likeness (QED) is 0.419. The molecule has 5 rings (SSSR count). The second-order valence-electron chi connectivity index (χ2n) is 7.80. The molecule has 0 bridgehead atoms. The number of ether oxygens (including phenoxy) is 1. The van der Waals surface area contributed by atoms with E-state index < -0.39 is 18.2 Å². The zero-order chi connectivity index (χ0) is 24.6. The molecule has 1 aliphatic heterocycles. The van der Waals surface area contributed by atoms with E-state index in [1.54, 1.807) is 24.0 Å². The molecule has 10 nitrogen and oxygen atoms in total. The van der Waals surface area contributed by atoms with Crippen LogP contribution in [0.15, 0.2) is 53.3 Å². The smallest absolute Gasteiger partial charge is 0.405 e. The van der Waals surface area contributed by atoms with Gasteiger partial charge >= 0.3 is 6.36 Å². The Morgan fingerprint density at radius 3 is 2.66 bits per heavy atom. The van der Waals surface area contributed by atoms with Crippen LogP contribution in [0.1, 0.15) is 41.0 Å². The Balaban J connectivity index is 1.45. The van der Waals surface area contributed by atoms with E-state index >= 15 is 0 Å². The first-order chi connectivity index (χ1) is 16.8. The predicted molar refractivity (Wildman–Crippen MR) is 113 cm³/mol. The van der Waals surface area contributed by atoms with Gasteiger partial charge < -0.3 is 14.2 Å². The molecule has 0 N–H and O–H groups in total. The van der Waals surface area contributed by atoms with E-state index in [1.165, 1.54) is 41.5 Å². The van der Waals surface area contributed by atoms with Gasteiger partial charge in [-0.1, -0.05) is 17.3 Å². The van der Waals surface area contributed by atoms with Crippen molar-refractivity contribution in [3.05, 3.63) is 66.1 Å². The van der Waals surface area contributed by atoms with E-state index in [0.29, 0.717) is 30.8 Å². The molecule has 1 amide bonds. The van der Waals surface area contributed by atoms with E-state index in [1.807, 2.05) is 0 Å². The largest absolute Gasteiger partial charge is 0.573 e. The fraction of sp³-hybridized carbons (Fsp3) is 0.273. The van der Waals surface area contributed by atoms with Crippen LogP contribution in [0.5, 0.6) is 5.75 Å². The van der Waals surface area contributed by atoms with Crippen LogP contribution in [-0.4, -0.2) is 53.8 Å². The molecule has 180 valence electrons. The van der Waals surface area contributed by atoms with Crippen molar-refractivity contribution < 1.29 is 27.2 Å². The molecule has 1 fully saturated rings. The third-order valence-electron chi connectivity index (χ3n) is 5.44. The number of aryl methyl sites for hydroxylation is 1. The number of rotatable bonds is 5. The number of para-hydroxylation sites is 1. The summed E-state index contributed by atoms with van der Waals surface area (Å²) in [6, 6.07) is 8.40. The van der Waals surface area contributed by atoms with Gasteiger partial charge in [-0.3, -0.25) is 4.79 Å². The van der Waals surface area contributed by atoms with Crippen LogP contribution in [0.25, 0.3) is 17.1 Å². The van der Waals surface area contributed by atoms with Gasteiger partial charge in [-0.2, -0.15) is 15.2 Å². The Labute approximate surface area is 196 Å². The number of alkyl halides is 3. The Morgan fingerprint density at radius 2 is 1.89 bits per heavy atom. The van der Waals surface area contributed by atoms with Gasteiger partial charge in [-0.05, 0) is 44.0 Å². The number of carbonyl (C=O) groups excluding carboxylic acids is 1. The van der Waals surface area contributed by atoms with Gasteiger partial charge in [-0.15, -0.1) is 18.0 Å². The molecule has 1 aromatic carbocycles. The van der Waals surface area contributed by atoms with Crippen LogP contribution in [0.3, 0.4) is 0 Å². The fourth-order valence-electron chi connectivity index (χ4n) is 3.96. The molecule has 0 spiro atoms. The van der Waals surface area contributed by atoms with Crippen molar-refractivity contribution in [2.75, 3.05) is 6.54 Å². The molecule has 1 saturated heterocycles. The minimum absolute atomic E-state index is 0.0168. The maximum absolute atomic E-state index is 13.5. The van der Waals surface area contributed by atoms with Gasteiger partial charge in [0.2, 0.25) is 11.7 Å². The molecule has 13 heteroatoms. The van der Waals surface area contributed by atoms with E-state index in [2.05, 4.69) is 30.1 Å². The summed E-state index contributed by atoms with van der Waals surface area (Å²) in [7, 11) is 0. The molecule has 1 aliphatic rings. The van der Waals surface area contributed by atoms with E-state index in [-0.39, 0.29) is 28.9 Å². The van der Waals surface area contributed by atoms with E-state index in [4.69, 9.17) is 4.52 Å². The SMILES string of the molecule is Cc1ccc(-n2nccn2)c(C(=O)N2CCCC2c2nc(-c3ccccc3OC(F)(F)F)no2)n1. The maximum Gasteiger partial charge on any atom is 0.573 e. The second-order valence-corrected chi connectivity index (χ2v) is 7.80. The van der Waals surface area contributed by atoms with Crippen LogP contribution in [0.4, 0.5) is 13.2 Å². The van der Waals surface area contributed by atoms with Gasteiger partial charge in [0.05, 0.1) is 18.0 Å². The monoisotopic (exact) mass is 485 g/mol. The summed E-state index contributed by atoms with van der Waals surface area (Å²) in [5.74, 6) is -0.788. The minimum Gasteiger partial charge on any atom is -0.405 e. The molecule has 35 heavy (non-hydrogen) atoms. The van der Waals surface area contributed by atoms with Crippen molar-refractivity contribution in [1.29, 1.82) is 0 Å². The van der Waals surface area contributed by atoms with Gasteiger partial charge in [0.15, 0.2) is 5.69 Å². The number of halogens is 3. The number of pyridine rings is 1. The highest BCUT2D eigenvalue weighted by Crippen LogP contribution is 2.36. The lowest BCUT2D eigenvalue weighted by atomic mass is 10.2. The number of carbonyl (C=O) groups is 1. The van der Waals surface area contributed by atoms with Crippen molar-refractivity contribution in [1.82, 2.24) is 35.0 Å². The average Bonchev–Trinajstić information content (AvgIpc) is 3.59. The van der Waals surface area contributed by atoms with Gasteiger partial charge in [0, 0.05) is 12.2 Å². The highest BCUT2D eigenvalue weighted by molar-refractivity contribution is 5.96. The van der Waals surface area contributed by atoms with Crippen molar-refractivity contribution in [2.45, 2.75) is 32.2 Å². The summed E-state index contributed by atoms with van der Waals surface area (Å²) in [4.78, 5) is 25.1. The molecule has 4 heterocycles. The van der Waals surface area contributed by atoms with Crippen molar-refractivity contribution >= 4 is 5.91 Å². The maximum atomic E-state index is 13.5. The summed E-state index contributed by atoms with van der Waals surface area (Å²) in [6.45, 7) is 2.18. The molecule has 1 unspecified atom stereocenters. The Morgan fingerprint density at radius 1 is 1.11 bits per heavy atom. The number of aromatic nitrogens is 6. The van der Waals surface area contributed by atoms with Crippen LogP contribution >= 0.6 is 0 Å². The molecule has 4 aromatic rings. The summed E-state index contributed by atoms with van der Waals surface area (Å²) < 4.78 is 47.9. The Hall–Kier alpha value is -4.29. The first-order valence-corrected chi connectivity index (χ1v) is 10.6. The zero-order valence-corrected chi connectivity index (χ0v) is 18.3.